The van der Waals surface area contributed by atoms with Crippen LogP contribution in [0.1, 0.15) is 55.7 Å². The van der Waals surface area contributed by atoms with Gasteiger partial charge in [-0.3, -0.25) is 14.5 Å². The third-order valence-electron chi connectivity index (χ3n) is 6.30. The van der Waals surface area contributed by atoms with Gasteiger partial charge in [-0.1, -0.05) is 39.0 Å². The van der Waals surface area contributed by atoms with E-state index in [1.807, 2.05) is 20.8 Å². The predicted molar refractivity (Wildman–Crippen MR) is 136 cm³/mol. The molecular formula is C27H28F2N4O2S. The van der Waals surface area contributed by atoms with Crippen LogP contribution in [0.2, 0.25) is 0 Å². The Bertz CT molecular complexity index is 1310. The number of nitrogens with zero attached hydrogens (tertiary/aromatic N) is 3. The molecule has 1 fully saturated rings. The Balaban J connectivity index is 1.75. The fourth-order valence-corrected chi connectivity index (χ4v) is 5.63. The molecule has 1 aliphatic carbocycles. The van der Waals surface area contributed by atoms with Gasteiger partial charge in [0.1, 0.15) is 24.0 Å². The molecule has 3 aromatic rings. The third-order valence-corrected chi connectivity index (χ3v) is 7.54. The van der Waals surface area contributed by atoms with Crippen molar-refractivity contribution in [3.63, 3.8) is 0 Å². The second-order valence-corrected chi connectivity index (χ2v) is 11.4. The highest BCUT2D eigenvalue weighted by Crippen LogP contribution is 2.48. The number of hydrogen-bond acceptors (Lipinski definition) is 4. The van der Waals surface area contributed by atoms with Crippen LogP contribution in [-0.2, 0) is 15.0 Å². The molecule has 1 saturated carbocycles. The Labute approximate surface area is 213 Å². The first kappa shape index (κ1) is 24.5. The molecule has 1 unspecified atom stereocenters. The summed E-state index contributed by atoms with van der Waals surface area (Å²) >= 11 is 1.32. The number of nitrogens with one attached hydrogen (secondary N) is 1. The number of rotatable bonds is 5. The molecule has 2 heterocycles. The molecule has 0 bridgehead atoms. The number of carbonyl (C=O) groups is 2. The first-order valence-electron chi connectivity index (χ1n) is 12.0. The van der Waals surface area contributed by atoms with Crippen molar-refractivity contribution in [1.82, 2.24) is 15.1 Å². The molecular weight excluding hydrogens is 482 g/mol. The summed E-state index contributed by atoms with van der Waals surface area (Å²) in [5.41, 5.74) is 1.90. The van der Waals surface area contributed by atoms with E-state index in [1.54, 1.807) is 35.0 Å². The van der Waals surface area contributed by atoms with Crippen LogP contribution < -0.4 is 10.2 Å². The first-order chi connectivity index (χ1) is 17.1. The zero-order chi connectivity index (χ0) is 25.6. The first-order valence-corrected chi connectivity index (χ1v) is 13.0. The van der Waals surface area contributed by atoms with Crippen LogP contribution >= 0.6 is 11.8 Å². The van der Waals surface area contributed by atoms with Crippen LogP contribution in [-0.4, -0.2) is 39.9 Å². The molecule has 0 radical (unpaired) electrons. The molecule has 0 saturated heterocycles. The molecule has 1 atom stereocenters. The lowest BCUT2D eigenvalue weighted by molar-refractivity contribution is -0.123. The van der Waals surface area contributed by atoms with Crippen LogP contribution in [0, 0.1) is 11.6 Å². The average Bonchev–Trinajstić information content (AvgIpc) is 3.56. The summed E-state index contributed by atoms with van der Waals surface area (Å²) < 4.78 is 30.5. The second kappa shape index (κ2) is 9.35. The fourth-order valence-electron chi connectivity index (χ4n) is 4.41. The molecule has 0 spiro atoms. The number of thioether (sulfide) groups is 1. The maximum Gasteiger partial charge on any atom is 0.240 e. The highest BCUT2D eigenvalue weighted by atomic mass is 32.2. The van der Waals surface area contributed by atoms with E-state index in [2.05, 4.69) is 5.32 Å². The fraction of sp³-hybridized carbons (Fsp3) is 0.370. The van der Waals surface area contributed by atoms with Gasteiger partial charge in [0.15, 0.2) is 0 Å². The number of carbonyl (C=O) groups excluding carboxylic acids is 2. The molecule has 2 aromatic carbocycles. The van der Waals surface area contributed by atoms with E-state index in [0.717, 1.165) is 12.8 Å². The molecule has 1 N–H and O–H groups in total. The molecule has 188 valence electrons. The summed E-state index contributed by atoms with van der Waals surface area (Å²) in [5.74, 6) is -0.810. The van der Waals surface area contributed by atoms with E-state index in [1.165, 1.54) is 34.9 Å². The lowest BCUT2D eigenvalue weighted by Gasteiger charge is -2.24. The minimum atomic E-state index is -0.523. The van der Waals surface area contributed by atoms with E-state index in [9.17, 15) is 14.0 Å². The Kier molecular flexibility index (Phi) is 6.36. The van der Waals surface area contributed by atoms with Gasteiger partial charge in [-0.15, -0.1) is 11.8 Å². The van der Waals surface area contributed by atoms with Crippen molar-refractivity contribution < 1.29 is 18.4 Å². The van der Waals surface area contributed by atoms with E-state index < -0.39 is 16.5 Å². The number of amides is 2. The molecule has 5 rings (SSSR count). The monoisotopic (exact) mass is 510 g/mol. The van der Waals surface area contributed by atoms with Crippen molar-refractivity contribution in [1.29, 1.82) is 0 Å². The lowest BCUT2D eigenvalue weighted by atomic mass is 9.87. The summed E-state index contributed by atoms with van der Waals surface area (Å²) in [4.78, 5) is 27.8. The number of fused-ring (bicyclic) bond motifs is 1. The topological polar surface area (TPSA) is 67.2 Å². The van der Waals surface area contributed by atoms with Crippen molar-refractivity contribution in [2.24, 2.45) is 0 Å². The highest BCUT2D eigenvalue weighted by molar-refractivity contribution is 8.00. The van der Waals surface area contributed by atoms with Gasteiger partial charge >= 0.3 is 0 Å². The Morgan fingerprint density at radius 1 is 1.11 bits per heavy atom. The molecule has 6 nitrogen and oxygen atoms in total. The number of benzene rings is 2. The van der Waals surface area contributed by atoms with Crippen LogP contribution in [0.25, 0.3) is 5.69 Å². The Hall–Kier alpha value is -3.20. The van der Waals surface area contributed by atoms with Crippen molar-refractivity contribution in [2.45, 2.75) is 50.3 Å². The van der Waals surface area contributed by atoms with Gasteiger partial charge in [0.2, 0.25) is 11.8 Å². The van der Waals surface area contributed by atoms with E-state index >= 15 is 4.39 Å². The molecule has 1 aliphatic heterocycles. The Morgan fingerprint density at radius 2 is 1.81 bits per heavy atom. The van der Waals surface area contributed by atoms with Gasteiger partial charge in [-0.05, 0) is 43.2 Å². The van der Waals surface area contributed by atoms with Crippen molar-refractivity contribution in [3.05, 3.63) is 77.0 Å². The van der Waals surface area contributed by atoms with Crippen molar-refractivity contribution in [2.75, 3.05) is 17.2 Å². The van der Waals surface area contributed by atoms with Crippen LogP contribution in [0.15, 0.2) is 48.5 Å². The van der Waals surface area contributed by atoms with E-state index in [0.29, 0.717) is 28.3 Å². The SMILES string of the molecule is CC(C)(C)c1nn(-c2ccc(F)cc2)c2c1C(c1ccccc1F)SCC(=O)N2CC(=O)NC1CC1. The predicted octanol–water partition coefficient (Wildman–Crippen LogP) is 4.90. The van der Waals surface area contributed by atoms with E-state index in [-0.39, 0.29) is 36.0 Å². The summed E-state index contributed by atoms with van der Waals surface area (Å²) in [6.07, 6.45) is 1.86. The van der Waals surface area contributed by atoms with Crippen LogP contribution in [0.5, 0.6) is 0 Å². The number of anilines is 1. The van der Waals surface area contributed by atoms with Gasteiger partial charge in [0.05, 0.1) is 22.4 Å². The minimum Gasteiger partial charge on any atom is -0.352 e. The molecule has 36 heavy (non-hydrogen) atoms. The minimum absolute atomic E-state index is 0.0669. The molecule has 2 amide bonds. The summed E-state index contributed by atoms with van der Waals surface area (Å²) in [7, 11) is 0. The standard InChI is InChI=1S/C27H28F2N4O2S/c1-27(2,3)25-23-24(19-6-4-5-7-20(19)29)36-15-22(35)32(14-21(34)30-17-10-11-17)26(23)33(31-25)18-12-8-16(28)9-13-18/h4-9,12-13,17,24H,10-11,14-15H2,1-3H3,(H,30,34). The number of halogens is 2. The zero-order valence-electron chi connectivity index (χ0n) is 20.4. The van der Waals surface area contributed by atoms with Gasteiger partial charge in [0, 0.05) is 22.6 Å². The Morgan fingerprint density at radius 3 is 2.44 bits per heavy atom. The normalized spacial score (nSPS) is 18.1. The van der Waals surface area contributed by atoms with Crippen molar-refractivity contribution >= 4 is 29.4 Å². The molecule has 2 aliphatic rings. The highest BCUT2D eigenvalue weighted by Gasteiger charge is 2.40. The van der Waals surface area contributed by atoms with Crippen LogP contribution in [0.4, 0.5) is 14.6 Å². The van der Waals surface area contributed by atoms with Gasteiger partial charge < -0.3 is 5.32 Å². The smallest absolute Gasteiger partial charge is 0.240 e. The van der Waals surface area contributed by atoms with Gasteiger partial charge in [0.25, 0.3) is 0 Å². The maximum absolute atomic E-state index is 15.1. The summed E-state index contributed by atoms with van der Waals surface area (Å²) in [6.45, 7) is 5.84. The quantitative estimate of drug-likeness (QED) is 0.531. The number of hydrogen-bond donors (Lipinski definition) is 1. The lowest BCUT2D eigenvalue weighted by Crippen LogP contribution is -2.43. The molecule has 9 heteroatoms. The van der Waals surface area contributed by atoms with Crippen LogP contribution in [0.3, 0.4) is 0 Å². The summed E-state index contributed by atoms with van der Waals surface area (Å²) in [6, 6.07) is 12.5. The molecule has 1 aromatic heterocycles. The number of aromatic nitrogens is 2. The van der Waals surface area contributed by atoms with Gasteiger partial charge in [-0.2, -0.15) is 5.10 Å². The van der Waals surface area contributed by atoms with Crippen molar-refractivity contribution in [3.8, 4) is 5.69 Å². The largest absolute Gasteiger partial charge is 0.352 e. The van der Waals surface area contributed by atoms with E-state index in [4.69, 9.17) is 5.10 Å². The summed E-state index contributed by atoms with van der Waals surface area (Å²) in [5, 5.41) is 7.33. The second-order valence-electron chi connectivity index (χ2n) is 10.3. The van der Waals surface area contributed by atoms with Gasteiger partial charge in [-0.25, -0.2) is 13.5 Å². The zero-order valence-corrected chi connectivity index (χ0v) is 21.2. The maximum atomic E-state index is 15.1. The average molecular weight is 511 g/mol. The third kappa shape index (κ3) is 4.76.